The van der Waals surface area contributed by atoms with E-state index < -0.39 is 59.2 Å². The van der Waals surface area contributed by atoms with Gasteiger partial charge in [0.1, 0.15) is 17.9 Å². The molecule has 0 radical (unpaired) electrons. The lowest BCUT2D eigenvalue weighted by atomic mass is 9.92. The van der Waals surface area contributed by atoms with Gasteiger partial charge >= 0.3 is 0 Å². The van der Waals surface area contributed by atoms with Crippen LogP contribution < -0.4 is 38.7 Å². The average Bonchev–Trinajstić information content (AvgIpc) is 4.01. The van der Waals surface area contributed by atoms with Gasteiger partial charge in [0.05, 0.1) is 36.5 Å². The van der Waals surface area contributed by atoms with Gasteiger partial charge in [-0.15, -0.1) is 11.8 Å². The molecule has 0 fully saturated rings. The Morgan fingerprint density at radius 3 is 2.26 bits per heavy atom. The third kappa shape index (κ3) is 11.2. The van der Waals surface area contributed by atoms with Crippen molar-refractivity contribution in [1.29, 1.82) is 0 Å². The van der Waals surface area contributed by atoms with E-state index in [4.69, 9.17) is 17.2 Å². The first-order valence-corrected chi connectivity index (χ1v) is 22.7. The number of aliphatic imine (C=N–C) groups is 1. The van der Waals surface area contributed by atoms with Gasteiger partial charge in [0, 0.05) is 82.9 Å². The van der Waals surface area contributed by atoms with Gasteiger partial charge in [0.25, 0.3) is 0 Å². The van der Waals surface area contributed by atoms with Crippen LogP contribution in [0.5, 0.6) is 0 Å². The Kier molecular flexibility index (Phi) is 15.8. The van der Waals surface area contributed by atoms with Crippen molar-refractivity contribution in [2.24, 2.45) is 28.1 Å². The normalized spacial score (nSPS) is 20.8. The number of hydrazine groups is 1. The fourth-order valence-electron chi connectivity index (χ4n) is 8.58. The summed E-state index contributed by atoms with van der Waals surface area (Å²) >= 11 is 1.31. The average molecular weight is 909 g/mol. The molecule has 1 aliphatic rings. The Balaban J connectivity index is 1.48. The van der Waals surface area contributed by atoms with E-state index >= 15 is 0 Å². The van der Waals surface area contributed by atoms with Crippen molar-refractivity contribution in [2.45, 2.75) is 109 Å². The van der Waals surface area contributed by atoms with E-state index in [2.05, 4.69) is 48.4 Å². The fourth-order valence-corrected chi connectivity index (χ4v) is 9.98. The molecule has 0 spiro atoms. The molecule has 19 heteroatoms. The third-order valence-electron chi connectivity index (χ3n) is 12.5. The highest BCUT2D eigenvalue weighted by atomic mass is 32.2. The molecule has 0 saturated carbocycles. The fraction of sp³-hybridized carbons (Fsp3) is 0.435. The number of H-pyrrole nitrogens is 2. The maximum atomic E-state index is 14.6. The van der Waals surface area contributed by atoms with Crippen LogP contribution in [0.2, 0.25) is 0 Å². The largest absolute Gasteiger partial charge is 0.370 e. The Labute approximate surface area is 381 Å². The van der Waals surface area contributed by atoms with Crippen LogP contribution in [-0.4, -0.2) is 103 Å². The van der Waals surface area contributed by atoms with Crippen LogP contribution in [-0.2, 0) is 48.2 Å². The van der Waals surface area contributed by atoms with Gasteiger partial charge in [-0.2, -0.15) is 0 Å². The van der Waals surface area contributed by atoms with Crippen molar-refractivity contribution in [3.05, 3.63) is 82.2 Å². The maximum absolute atomic E-state index is 14.6. The number of aromatic nitrogens is 4. The monoisotopic (exact) mass is 908 g/mol. The molecule has 2 amide bonds. The summed E-state index contributed by atoms with van der Waals surface area (Å²) in [6.45, 7) is 11.2. The number of nitrogens with one attached hydrogen (secondary N) is 6. The molecule has 12 N–H and O–H groups in total. The summed E-state index contributed by atoms with van der Waals surface area (Å²) in [4.78, 5) is 98.3. The second-order valence-corrected chi connectivity index (χ2v) is 18.0. The third-order valence-corrected chi connectivity index (χ3v) is 13.8. The summed E-state index contributed by atoms with van der Waals surface area (Å²) < 4.78 is 1.93. The van der Waals surface area contributed by atoms with E-state index in [9.17, 15) is 28.8 Å². The van der Waals surface area contributed by atoms with E-state index in [1.807, 2.05) is 62.7 Å². The van der Waals surface area contributed by atoms with Crippen LogP contribution in [0.15, 0.2) is 53.0 Å². The van der Waals surface area contributed by atoms with Crippen molar-refractivity contribution in [1.82, 2.24) is 41.0 Å². The number of benzene rings is 2. The van der Waals surface area contributed by atoms with Gasteiger partial charge in [-0.25, -0.2) is 15.8 Å². The highest BCUT2D eigenvalue weighted by Crippen LogP contribution is 2.41. The van der Waals surface area contributed by atoms with Crippen LogP contribution >= 0.6 is 11.8 Å². The van der Waals surface area contributed by atoms with Crippen molar-refractivity contribution in [3.8, 4) is 0 Å². The minimum atomic E-state index is -1.22. The molecule has 3 aromatic heterocycles. The minimum Gasteiger partial charge on any atom is -0.370 e. The predicted octanol–water partition coefficient (Wildman–Crippen LogP) is 2.09. The lowest BCUT2D eigenvalue weighted by Crippen LogP contribution is -2.59. The summed E-state index contributed by atoms with van der Waals surface area (Å²) in [6.07, 6.45) is 5.29. The molecule has 4 heterocycles. The molecule has 346 valence electrons. The van der Waals surface area contributed by atoms with Crippen LogP contribution in [0.4, 0.5) is 0 Å². The number of aromatic amines is 2. The molecule has 5 atom stereocenters. The second kappa shape index (κ2) is 21.2. The summed E-state index contributed by atoms with van der Waals surface area (Å²) in [7, 11) is 0. The number of carbonyl (C=O) groups is 6. The number of guanidine groups is 1. The van der Waals surface area contributed by atoms with Crippen molar-refractivity contribution < 1.29 is 28.8 Å². The lowest BCUT2D eigenvalue weighted by molar-refractivity contribution is -0.140. The van der Waals surface area contributed by atoms with Gasteiger partial charge in [0.2, 0.25) is 23.4 Å². The Morgan fingerprint density at radius 2 is 1.58 bits per heavy atom. The molecule has 5 aromatic rings. The molecule has 18 nitrogen and oxygen atoms in total. The first-order valence-electron chi connectivity index (χ1n) is 21.7. The predicted molar refractivity (Wildman–Crippen MR) is 251 cm³/mol. The summed E-state index contributed by atoms with van der Waals surface area (Å²) in [6, 6.07) is 3.25. The minimum absolute atomic E-state index is 0.00375. The molecule has 0 saturated heterocycles. The number of amides is 2. The molecular formula is C46H60N12O6S. The quantitative estimate of drug-likeness (QED) is 0.0398. The van der Waals surface area contributed by atoms with Crippen LogP contribution in [0.25, 0.3) is 21.7 Å². The van der Waals surface area contributed by atoms with Crippen LogP contribution in [0, 0.1) is 40.5 Å². The molecule has 65 heavy (non-hydrogen) atoms. The molecule has 2 aromatic carbocycles. The van der Waals surface area contributed by atoms with E-state index in [0.29, 0.717) is 17.1 Å². The van der Waals surface area contributed by atoms with Gasteiger partial charge in [-0.05, 0) is 88.3 Å². The number of rotatable bonds is 11. The van der Waals surface area contributed by atoms with E-state index in [-0.39, 0.29) is 62.8 Å². The molecule has 0 bridgehead atoms. The molecule has 2 unspecified atom stereocenters. The van der Waals surface area contributed by atoms with Crippen LogP contribution in [0.3, 0.4) is 0 Å². The van der Waals surface area contributed by atoms with Crippen molar-refractivity contribution in [2.75, 3.05) is 18.8 Å². The number of ketones is 4. The SMILES string of the molecule is CC(=O)CC1CSc2c3c(C)c(C)c(C)c(C)c3c(C)n2CC(C(N)=O)NC(=O)[C@H](Cc2c[nH]c3ccccc23)NN[C@@H](CCCN=C(N)N)C(=O)CN[C@@H](Cc2cnc[nH]2)C(=O)C1=O. The number of Topliss-reactive ketones (excluding diaryl/α,β-unsaturated/α-hetero) is 4. The van der Waals surface area contributed by atoms with E-state index in [1.54, 1.807) is 0 Å². The number of fused-ring (bicyclic) bond motifs is 4. The topological polar surface area (TPSA) is 290 Å². The molecule has 1 aliphatic heterocycles. The highest BCUT2D eigenvalue weighted by molar-refractivity contribution is 7.99. The lowest BCUT2D eigenvalue weighted by Gasteiger charge is -2.26. The number of hydrogen-bond acceptors (Lipinski definition) is 12. The Hall–Kier alpha value is -6.15. The highest BCUT2D eigenvalue weighted by Gasteiger charge is 2.35. The zero-order valence-electron chi connectivity index (χ0n) is 37.7. The number of imidazole rings is 1. The summed E-state index contributed by atoms with van der Waals surface area (Å²) in [5.41, 5.74) is 30.7. The van der Waals surface area contributed by atoms with E-state index in [0.717, 1.165) is 55.2 Å². The van der Waals surface area contributed by atoms with Gasteiger partial charge in [-0.1, -0.05) is 18.2 Å². The number of thioether (sulfide) groups is 1. The Bertz CT molecular complexity index is 2630. The van der Waals surface area contributed by atoms with Gasteiger partial charge < -0.3 is 41.8 Å². The number of nitrogens with two attached hydrogens (primary N) is 3. The Morgan fingerprint density at radius 1 is 0.877 bits per heavy atom. The molecule has 0 aliphatic carbocycles. The number of hydrogen-bond donors (Lipinski definition) is 9. The van der Waals surface area contributed by atoms with Crippen molar-refractivity contribution >= 4 is 74.3 Å². The van der Waals surface area contributed by atoms with Crippen molar-refractivity contribution in [3.63, 3.8) is 0 Å². The van der Waals surface area contributed by atoms with Gasteiger partial charge in [-0.3, -0.25) is 34.3 Å². The first kappa shape index (κ1) is 48.3. The number of aryl methyl sites for hydroxylation is 3. The van der Waals surface area contributed by atoms with Crippen LogP contribution in [0.1, 0.15) is 65.4 Å². The number of primary amides is 1. The zero-order valence-corrected chi connectivity index (χ0v) is 38.5. The second-order valence-electron chi connectivity index (χ2n) is 16.9. The van der Waals surface area contributed by atoms with Gasteiger partial charge in [0.15, 0.2) is 11.7 Å². The zero-order chi connectivity index (χ0) is 47.1. The molecular weight excluding hydrogens is 849 g/mol. The molecule has 6 rings (SSSR count). The summed E-state index contributed by atoms with van der Waals surface area (Å²) in [5.74, 6) is -4.67. The van der Waals surface area contributed by atoms with E-state index in [1.165, 1.54) is 31.2 Å². The standard InChI is InChI=1S/C46H60N12O6S/c1-23(59)14-30-21-65-45-40-27(5)25(3)24(2)26(4)39(40)28(6)58(45)20-37(43(47)63)55-44(64)36(15-29-17-52-33-11-8-7-10-32(29)33)57-56-34(12-9-13-51-46(48)49)38(60)19-53-35(42(62)41(30)61)16-31-18-50-22-54-31/h7-8,10-11,17-18,22,30,34-37,52-53,56-57H,9,12-16,19-21H2,1-6H3,(H2,47,63)(H,50,54)(H,55,64)(H4,48,49,51)/t30?,34-,35-,36-,37?/m0/s1. The maximum Gasteiger partial charge on any atom is 0.241 e. The number of para-hydroxylation sites is 1. The number of carbonyl (C=O) groups excluding carboxylic acids is 6. The smallest absolute Gasteiger partial charge is 0.241 e. The first-order chi connectivity index (χ1) is 31.0. The summed E-state index contributed by atoms with van der Waals surface area (Å²) in [5, 5.41) is 9.41. The number of nitrogens with zero attached hydrogens (tertiary/aromatic N) is 3.